The van der Waals surface area contributed by atoms with Gasteiger partial charge in [0.25, 0.3) is 0 Å². The lowest BCUT2D eigenvalue weighted by Crippen LogP contribution is -2.23. The number of aromatic nitrogens is 2. The van der Waals surface area contributed by atoms with E-state index in [4.69, 9.17) is 0 Å². The van der Waals surface area contributed by atoms with Crippen molar-refractivity contribution < 1.29 is 4.79 Å². The summed E-state index contributed by atoms with van der Waals surface area (Å²) in [7, 11) is 0. The van der Waals surface area contributed by atoms with E-state index >= 15 is 0 Å². The van der Waals surface area contributed by atoms with Crippen molar-refractivity contribution in [3.05, 3.63) is 71.9 Å². The first kappa shape index (κ1) is 20.2. The first-order valence-electron chi connectivity index (χ1n) is 10.3. The van der Waals surface area contributed by atoms with Gasteiger partial charge in [0.15, 0.2) is 0 Å². The van der Waals surface area contributed by atoms with Crippen LogP contribution >= 0.6 is 11.8 Å². The zero-order valence-corrected chi connectivity index (χ0v) is 17.9. The molecule has 2 aromatic heterocycles. The maximum atomic E-state index is 13.7. The van der Waals surface area contributed by atoms with Gasteiger partial charge in [0, 0.05) is 16.5 Å². The Morgan fingerprint density at radius 1 is 1.03 bits per heavy atom. The fourth-order valence-electron chi connectivity index (χ4n) is 3.80. The van der Waals surface area contributed by atoms with Crippen molar-refractivity contribution >= 4 is 39.5 Å². The van der Waals surface area contributed by atoms with Crippen molar-refractivity contribution in [3.8, 4) is 6.07 Å². The summed E-state index contributed by atoms with van der Waals surface area (Å²) in [6, 6.07) is 22.0. The van der Waals surface area contributed by atoms with E-state index < -0.39 is 0 Å². The third-order valence-electron chi connectivity index (χ3n) is 5.25. The zero-order chi connectivity index (χ0) is 21.1. The molecular weight excluding hydrogens is 390 g/mol. The smallest absolute Gasteiger partial charge is 0.245 e. The van der Waals surface area contributed by atoms with Crippen LogP contribution in [-0.4, -0.2) is 20.7 Å². The minimum atomic E-state index is -0.333. The number of rotatable bonds is 6. The van der Waals surface area contributed by atoms with E-state index in [0.29, 0.717) is 17.0 Å². The quantitative estimate of drug-likeness (QED) is 0.352. The molecule has 0 N–H and O–H groups in total. The largest absolute Gasteiger partial charge is 0.279 e. The van der Waals surface area contributed by atoms with Crippen molar-refractivity contribution in [2.75, 3.05) is 0 Å². The van der Waals surface area contributed by atoms with Crippen molar-refractivity contribution in [1.29, 1.82) is 5.26 Å². The number of hydrogen-bond donors (Lipinski definition) is 0. The van der Waals surface area contributed by atoms with Crippen molar-refractivity contribution in [1.82, 2.24) is 9.55 Å². The van der Waals surface area contributed by atoms with E-state index in [1.807, 2.05) is 60.0 Å². The van der Waals surface area contributed by atoms with Gasteiger partial charge in [0.2, 0.25) is 5.91 Å². The number of nitrogens with zero attached hydrogens (tertiary/aromatic N) is 3. The summed E-state index contributed by atoms with van der Waals surface area (Å²) >= 11 is 1.40. The Hall–Kier alpha value is -3.10. The molecule has 0 amide bonds. The van der Waals surface area contributed by atoms with Crippen LogP contribution in [0.3, 0.4) is 0 Å². The molecule has 0 spiro atoms. The molecule has 0 saturated carbocycles. The molecule has 0 bridgehead atoms. The number of carbonyl (C=O) groups excluding carboxylic acids is 1. The summed E-state index contributed by atoms with van der Waals surface area (Å²) in [5, 5.41) is 12.0. The van der Waals surface area contributed by atoms with Crippen molar-refractivity contribution in [2.45, 2.75) is 43.4 Å². The first-order chi connectivity index (χ1) is 14.7. The molecule has 4 nitrogen and oxygen atoms in total. The van der Waals surface area contributed by atoms with E-state index in [-0.39, 0.29) is 11.2 Å². The molecule has 0 fully saturated rings. The maximum absolute atomic E-state index is 13.7. The van der Waals surface area contributed by atoms with Crippen LogP contribution in [0.2, 0.25) is 0 Å². The Labute approximate surface area is 180 Å². The number of hydrogen-bond acceptors (Lipinski definition) is 4. The average Bonchev–Trinajstić information content (AvgIpc) is 3.12. The second-order valence-corrected chi connectivity index (χ2v) is 8.43. The molecule has 5 heteroatoms. The molecule has 1 atom stereocenters. The number of pyridine rings is 1. The highest BCUT2D eigenvalue weighted by Gasteiger charge is 2.25. The summed E-state index contributed by atoms with van der Waals surface area (Å²) in [5.41, 5.74) is 3.30. The number of thioether (sulfide) groups is 1. The first-order valence-corrected chi connectivity index (χ1v) is 11.1. The highest BCUT2D eigenvalue weighted by atomic mass is 32.2. The van der Waals surface area contributed by atoms with Gasteiger partial charge < -0.3 is 0 Å². The predicted molar refractivity (Wildman–Crippen MR) is 123 cm³/mol. The van der Waals surface area contributed by atoms with Gasteiger partial charge in [-0.15, -0.1) is 0 Å². The summed E-state index contributed by atoms with van der Waals surface area (Å²) < 4.78 is 1.83. The van der Waals surface area contributed by atoms with Gasteiger partial charge >= 0.3 is 0 Å². The lowest BCUT2D eigenvalue weighted by atomic mass is 10.2. The van der Waals surface area contributed by atoms with Gasteiger partial charge in [0.1, 0.15) is 11.1 Å². The van der Waals surface area contributed by atoms with E-state index in [1.165, 1.54) is 11.8 Å². The van der Waals surface area contributed by atoms with Gasteiger partial charge in [-0.25, -0.2) is 4.98 Å². The van der Waals surface area contributed by atoms with Gasteiger partial charge in [0.05, 0.1) is 21.8 Å². The number of benzene rings is 2. The van der Waals surface area contributed by atoms with Crippen molar-refractivity contribution in [2.24, 2.45) is 0 Å². The van der Waals surface area contributed by atoms with E-state index in [9.17, 15) is 10.1 Å². The van der Waals surface area contributed by atoms with E-state index in [1.54, 1.807) is 0 Å². The predicted octanol–water partition coefficient (Wildman–Crippen LogP) is 6.22. The number of para-hydroxylation sites is 2. The monoisotopic (exact) mass is 413 g/mol. The molecule has 1 unspecified atom stereocenters. The fourth-order valence-corrected chi connectivity index (χ4v) is 4.85. The number of carbonyl (C=O) groups is 1. The molecule has 2 heterocycles. The Bertz CT molecular complexity index is 1220. The standard InChI is InChI=1S/C25H23N3OS/c1-3-9-18-15-14-17(16-26)24(27-18)30-23(4-2)25(29)28-21-12-7-5-10-19(21)20-11-6-8-13-22(20)28/h5-8,10-15,23H,3-4,9H2,1-2H3. The molecule has 0 aliphatic carbocycles. The van der Waals surface area contributed by atoms with Gasteiger partial charge in [-0.3, -0.25) is 9.36 Å². The third kappa shape index (κ3) is 3.59. The average molecular weight is 414 g/mol. The van der Waals surface area contributed by atoms with Crippen LogP contribution in [0.5, 0.6) is 0 Å². The fraction of sp³-hybridized carbons (Fsp3) is 0.240. The lowest BCUT2D eigenvalue weighted by Gasteiger charge is -2.16. The highest BCUT2D eigenvalue weighted by Crippen LogP contribution is 2.33. The molecule has 0 radical (unpaired) electrons. The summed E-state index contributed by atoms with van der Waals surface area (Å²) in [4.78, 5) is 18.4. The van der Waals surface area contributed by atoms with E-state index in [0.717, 1.165) is 40.3 Å². The van der Waals surface area contributed by atoms with Crippen LogP contribution in [-0.2, 0) is 6.42 Å². The Morgan fingerprint density at radius 2 is 1.67 bits per heavy atom. The second-order valence-electron chi connectivity index (χ2n) is 7.24. The van der Waals surface area contributed by atoms with Crippen LogP contribution in [0.4, 0.5) is 0 Å². The second kappa shape index (κ2) is 8.73. The third-order valence-corrected chi connectivity index (χ3v) is 6.60. The highest BCUT2D eigenvalue weighted by molar-refractivity contribution is 8.00. The number of nitriles is 1. The molecule has 30 heavy (non-hydrogen) atoms. The SMILES string of the molecule is CCCc1ccc(C#N)c(SC(CC)C(=O)n2c3ccccc3c3ccccc32)n1. The Morgan fingerprint density at radius 3 is 2.23 bits per heavy atom. The molecule has 150 valence electrons. The minimum absolute atomic E-state index is 0.0199. The van der Waals surface area contributed by atoms with Crippen LogP contribution in [0, 0.1) is 11.3 Å². The number of fused-ring (bicyclic) bond motifs is 3. The molecule has 2 aromatic carbocycles. The van der Waals surface area contributed by atoms with Gasteiger partial charge in [-0.05, 0) is 37.1 Å². The van der Waals surface area contributed by atoms with Crippen LogP contribution < -0.4 is 0 Å². The zero-order valence-electron chi connectivity index (χ0n) is 17.1. The maximum Gasteiger partial charge on any atom is 0.245 e. The molecule has 4 rings (SSSR count). The lowest BCUT2D eigenvalue weighted by molar-refractivity contribution is 0.0919. The van der Waals surface area contributed by atoms with Gasteiger partial charge in [-0.1, -0.05) is 68.4 Å². The van der Waals surface area contributed by atoms with Crippen LogP contribution in [0.1, 0.15) is 42.7 Å². The number of aryl methyl sites for hydroxylation is 1. The van der Waals surface area contributed by atoms with Gasteiger partial charge in [-0.2, -0.15) is 5.26 Å². The van der Waals surface area contributed by atoms with E-state index in [2.05, 4.69) is 30.1 Å². The van der Waals surface area contributed by atoms with Crippen LogP contribution in [0.25, 0.3) is 21.8 Å². The van der Waals surface area contributed by atoms with Crippen molar-refractivity contribution in [3.63, 3.8) is 0 Å². The molecule has 0 aliphatic rings. The topological polar surface area (TPSA) is 58.7 Å². The minimum Gasteiger partial charge on any atom is -0.279 e. The summed E-state index contributed by atoms with van der Waals surface area (Å²) in [6.45, 7) is 4.11. The molecule has 0 aliphatic heterocycles. The summed E-state index contributed by atoms with van der Waals surface area (Å²) in [6.07, 6.45) is 2.49. The Balaban J connectivity index is 1.78. The molecular formula is C25H23N3OS. The Kier molecular flexibility index (Phi) is 5.87. The summed E-state index contributed by atoms with van der Waals surface area (Å²) in [5.74, 6) is 0.0199. The molecule has 0 saturated heterocycles. The normalized spacial score (nSPS) is 12.2. The van der Waals surface area contributed by atoms with Crippen LogP contribution in [0.15, 0.2) is 65.7 Å². The molecule has 4 aromatic rings.